The minimum atomic E-state index is -3.79. The maximum atomic E-state index is 10.9. The van der Waals surface area contributed by atoms with Crippen LogP contribution in [0, 0.1) is 0 Å². The van der Waals surface area contributed by atoms with E-state index in [4.69, 9.17) is 4.28 Å². The van der Waals surface area contributed by atoms with Crippen LogP contribution >= 0.6 is 0 Å². The molecule has 5 nitrogen and oxygen atoms in total. The highest BCUT2D eigenvalue weighted by Gasteiger charge is 2.35. The van der Waals surface area contributed by atoms with Gasteiger partial charge in [-0.25, -0.2) is 4.18 Å². The lowest BCUT2D eigenvalue weighted by Crippen LogP contribution is -2.42. The van der Waals surface area contributed by atoms with Crippen LogP contribution in [-0.2, 0) is 18.9 Å². The molecule has 0 atom stereocenters. The average Bonchev–Trinajstić information content (AvgIpc) is 2.35. The molecule has 0 aliphatic carbocycles. The van der Waals surface area contributed by atoms with Gasteiger partial charge in [0.1, 0.15) is 20.1 Å². The SMILES string of the molecule is COS(=O)(=O)O[N+]1(C)CCCC1. The van der Waals surface area contributed by atoms with Gasteiger partial charge in [-0.2, -0.15) is 13.1 Å². The minimum absolute atomic E-state index is 0.107. The monoisotopic (exact) mass is 196 g/mol. The fourth-order valence-electron chi connectivity index (χ4n) is 1.33. The molecule has 0 spiro atoms. The Morgan fingerprint density at radius 3 is 2.17 bits per heavy atom. The van der Waals surface area contributed by atoms with Crippen LogP contribution in [0.4, 0.5) is 0 Å². The molecule has 0 aromatic carbocycles. The zero-order valence-corrected chi connectivity index (χ0v) is 8.13. The second kappa shape index (κ2) is 3.29. The largest absolute Gasteiger partial charge is 0.444 e. The molecule has 0 radical (unpaired) electrons. The molecule has 0 saturated carbocycles. The Morgan fingerprint density at radius 2 is 1.75 bits per heavy atom. The van der Waals surface area contributed by atoms with Crippen molar-refractivity contribution in [1.29, 1.82) is 0 Å². The predicted molar refractivity (Wildman–Crippen MR) is 42.2 cm³/mol. The highest BCUT2D eigenvalue weighted by atomic mass is 32.3. The third-order valence-electron chi connectivity index (χ3n) is 1.99. The van der Waals surface area contributed by atoms with Crippen LogP contribution in [0.15, 0.2) is 0 Å². The van der Waals surface area contributed by atoms with Crippen molar-refractivity contribution in [3.05, 3.63) is 0 Å². The number of nitrogens with zero attached hydrogens (tertiary/aromatic N) is 1. The quantitative estimate of drug-likeness (QED) is 0.598. The molecule has 1 heterocycles. The molecule has 1 aliphatic rings. The summed E-state index contributed by atoms with van der Waals surface area (Å²) in [4.78, 5) is 0. The van der Waals surface area contributed by atoms with E-state index < -0.39 is 10.4 Å². The first-order chi connectivity index (χ1) is 5.47. The summed E-state index contributed by atoms with van der Waals surface area (Å²) in [5, 5.41) is 0. The molecule has 0 bridgehead atoms. The maximum Gasteiger partial charge on any atom is 0.444 e. The molecule has 1 aliphatic heterocycles. The fraction of sp³-hybridized carbons (Fsp3) is 1.00. The van der Waals surface area contributed by atoms with Crippen molar-refractivity contribution in [3.63, 3.8) is 0 Å². The van der Waals surface area contributed by atoms with E-state index in [-0.39, 0.29) is 4.65 Å². The lowest BCUT2D eigenvalue weighted by Gasteiger charge is -2.23. The third kappa shape index (κ3) is 2.41. The van der Waals surface area contributed by atoms with Gasteiger partial charge in [0.05, 0.1) is 7.11 Å². The first-order valence-corrected chi connectivity index (χ1v) is 5.17. The molecule has 0 N–H and O–H groups in total. The number of hydrogen-bond donors (Lipinski definition) is 0. The molecular formula is C6H14NO4S+. The lowest BCUT2D eigenvalue weighted by molar-refractivity contribution is -1.06. The molecular weight excluding hydrogens is 182 g/mol. The molecule has 0 aromatic rings. The van der Waals surface area contributed by atoms with Crippen LogP contribution in [0.2, 0.25) is 0 Å². The minimum Gasteiger partial charge on any atom is -0.248 e. The molecule has 72 valence electrons. The van der Waals surface area contributed by atoms with Crippen LogP contribution < -0.4 is 0 Å². The molecule has 1 rings (SSSR count). The van der Waals surface area contributed by atoms with E-state index in [1.165, 1.54) is 0 Å². The van der Waals surface area contributed by atoms with Gasteiger partial charge in [0, 0.05) is 12.8 Å². The average molecular weight is 196 g/mol. The number of likely N-dealkylation sites (tertiary alicyclic amines) is 1. The van der Waals surface area contributed by atoms with Crippen molar-refractivity contribution in [2.24, 2.45) is 0 Å². The molecule has 6 heteroatoms. The summed E-state index contributed by atoms with van der Waals surface area (Å²) in [5.41, 5.74) is 0. The fourth-order valence-corrected chi connectivity index (χ4v) is 1.98. The van der Waals surface area contributed by atoms with Crippen LogP contribution in [-0.4, -0.2) is 40.3 Å². The normalized spacial score (nSPS) is 22.8. The molecule has 0 unspecified atom stereocenters. The second-order valence-electron chi connectivity index (χ2n) is 3.10. The van der Waals surface area contributed by atoms with Gasteiger partial charge in [-0.3, -0.25) is 0 Å². The van der Waals surface area contributed by atoms with Gasteiger partial charge in [0.2, 0.25) is 0 Å². The Bertz CT molecular complexity index is 242. The van der Waals surface area contributed by atoms with Gasteiger partial charge >= 0.3 is 10.4 Å². The zero-order chi connectivity index (χ0) is 9.24. The van der Waals surface area contributed by atoms with Crippen LogP contribution in [0.5, 0.6) is 0 Å². The van der Waals surface area contributed by atoms with E-state index >= 15 is 0 Å². The van der Waals surface area contributed by atoms with Gasteiger partial charge in [0.15, 0.2) is 0 Å². The number of hydrogen-bond acceptors (Lipinski definition) is 4. The van der Waals surface area contributed by atoms with E-state index in [1.54, 1.807) is 7.05 Å². The smallest absolute Gasteiger partial charge is 0.248 e. The number of hydroxylamine groups is 3. The van der Waals surface area contributed by atoms with Gasteiger partial charge in [-0.1, -0.05) is 0 Å². The van der Waals surface area contributed by atoms with Gasteiger partial charge in [-0.15, -0.1) is 0 Å². The van der Waals surface area contributed by atoms with Crippen LogP contribution in [0.3, 0.4) is 0 Å². The van der Waals surface area contributed by atoms with E-state index in [0.717, 1.165) is 33.0 Å². The summed E-state index contributed by atoms with van der Waals surface area (Å²) < 4.78 is 30.9. The topological polar surface area (TPSA) is 52.6 Å². The third-order valence-corrected chi connectivity index (χ3v) is 2.94. The molecule has 12 heavy (non-hydrogen) atoms. The standard InChI is InChI=1S/C6H14NO4S/c1-7(5-3-4-6-7)11-12(8,9)10-2/h3-6H2,1-2H3/q+1. The van der Waals surface area contributed by atoms with E-state index in [1.807, 2.05) is 0 Å². The van der Waals surface area contributed by atoms with Crippen molar-refractivity contribution in [2.75, 3.05) is 27.2 Å². The highest BCUT2D eigenvalue weighted by molar-refractivity contribution is 7.81. The Labute approximate surface area is 72.8 Å². The first kappa shape index (κ1) is 9.91. The first-order valence-electron chi connectivity index (χ1n) is 3.84. The Hall–Kier alpha value is -0.170. The molecule has 0 aromatic heterocycles. The summed E-state index contributed by atoms with van der Waals surface area (Å²) in [6, 6.07) is 0. The van der Waals surface area contributed by atoms with E-state index in [0.29, 0.717) is 0 Å². The summed E-state index contributed by atoms with van der Waals surface area (Å²) in [6.45, 7) is 1.45. The van der Waals surface area contributed by atoms with E-state index in [2.05, 4.69) is 4.18 Å². The van der Waals surface area contributed by atoms with Crippen LogP contribution in [0.1, 0.15) is 12.8 Å². The second-order valence-corrected chi connectivity index (χ2v) is 4.40. The Kier molecular flexibility index (Phi) is 2.72. The number of rotatable bonds is 3. The summed E-state index contributed by atoms with van der Waals surface area (Å²) in [7, 11) is -0.955. The Balaban J connectivity index is 2.61. The summed E-state index contributed by atoms with van der Waals surface area (Å²) >= 11 is 0. The van der Waals surface area contributed by atoms with Crippen molar-refractivity contribution in [1.82, 2.24) is 0 Å². The van der Waals surface area contributed by atoms with Crippen molar-refractivity contribution >= 4 is 10.4 Å². The summed E-state index contributed by atoms with van der Waals surface area (Å²) in [5.74, 6) is 0. The molecule has 1 saturated heterocycles. The predicted octanol–water partition coefficient (Wildman–Crippen LogP) is 0.0496. The van der Waals surface area contributed by atoms with Gasteiger partial charge in [0.25, 0.3) is 0 Å². The lowest BCUT2D eigenvalue weighted by atomic mass is 10.4. The summed E-state index contributed by atoms with van der Waals surface area (Å²) in [6.07, 6.45) is 1.99. The van der Waals surface area contributed by atoms with Gasteiger partial charge in [-0.05, 0) is 4.28 Å². The maximum absolute atomic E-state index is 10.9. The Morgan fingerprint density at radius 1 is 1.25 bits per heavy atom. The van der Waals surface area contributed by atoms with Gasteiger partial charge < -0.3 is 0 Å². The van der Waals surface area contributed by atoms with Crippen molar-refractivity contribution < 1.29 is 21.5 Å². The van der Waals surface area contributed by atoms with Crippen LogP contribution in [0.25, 0.3) is 0 Å². The molecule has 0 amide bonds. The van der Waals surface area contributed by atoms with Crippen molar-refractivity contribution in [3.8, 4) is 0 Å². The number of quaternary nitrogens is 1. The van der Waals surface area contributed by atoms with Crippen molar-refractivity contribution in [2.45, 2.75) is 12.8 Å². The van der Waals surface area contributed by atoms with E-state index in [9.17, 15) is 8.42 Å². The zero-order valence-electron chi connectivity index (χ0n) is 7.32. The highest BCUT2D eigenvalue weighted by Crippen LogP contribution is 2.19. The molecule has 1 fully saturated rings.